The molecule has 8 rings (SSSR count). The third-order valence-electron chi connectivity index (χ3n) is 10.8. The van der Waals surface area contributed by atoms with Crippen LogP contribution in [0.25, 0.3) is 27.9 Å². The molecule has 1 aliphatic carbocycles. The molecule has 18 heteroatoms. The SMILES string of the molecule is CNc1cc(-c2cnn(C3CN(C(=O)NCCCCCCc4ccc5c(c4)n(C)c(=O)n5C4CCC(=O)NC4=O)C3)c2)nn2c(C(=O)N[C@@H]3C[C@@H]3F)cnc12. The van der Waals surface area contributed by atoms with Crippen molar-refractivity contribution in [1.82, 2.24) is 54.4 Å². The van der Waals surface area contributed by atoms with Crippen molar-refractivity contribution in [2.45, 2.75) is 75.7 Å². The molecule has 0 bridgehead atoms. The number of nitrogens with zero attached hydrogens (tertiary/aromatic N) is 8. The van der Waals surface area contributed by atoms with Gasteiger partial charge in [0, 0.05) is 58.3 Å². The quantitative estimate of drug-likeness (QED) is 0.103. The van der Waals surface area contributed by atoms with Crippen LogP contribution in [0.1, 0.15) is 73.1 Å². The second kappa shape index (κ2) is 14.6. The molecule has 4 aromatic heterocycles. The standard InChI is InChI=1S/C37H43FN12O5/c1-39-27-15-25(45-50-31(17-41-33(27)50)35(53)43-26-14-24(26)38)22-16-42-48(18-22)23-19-47(20-23)36(54)40-12-6-4-3-5-7-21-8-9-28-30(13-21)46(2)37(55)49(28)29-10-11-32(51)44-34(29)52/h8-9,13,15-18,23-24,26,29,39H,3-7,10-12,14,19-20H2,1-2H3,(H,40,54)(H,43,53)(H,44,51,52)/t24-,26+,29?/m0/s1. The minimum Gasteiger partial charge on any atom is -0.385 e. The van der Waals surface area contributed by atoms with Crippen molar-refractivity contribution < 1.29 is 23.6 Å². The summed E-state index contributed by atoms with van der Waals surface area (Å²) >= 11 is 0. The second-order valence-electron chi connectivity index (χ2n) is 14.6. The molecule has 2 aliphatic heterocycles. The lowest BCUT2D eigenvalue weighted by Crippen LogP contribution is -2.54. The number of aromatic nitrogens is 7. The molecule has 6 heterocycles. The van der Waals surface area contributed by atoms with Gasteiger partial charge in [0.25, 0.3) is 5.91 Å². The fraction of sp³-hybridized carbons (Fsp3) is 0.459. The number of imide groups is 1. The number of hydrogen-bond donors (Lipinski definition) is 4. The predicted molar refractivity (Wildman–Crippen MR) is 199 cm³/mol. The topological polar surface area (TPSA) is 195 Å². The number of rotatable bonds is 13. The van der Waals surface area contributed by atoms with Gasteiger partial charge in [0.05, 0.1) is 46.9 Å². The number of benzene rings is 1. The van der Waals surface area contributed by atoms with Gasteiger partial charge in [-0.1, -0.05) is 18.9 Å². The Morgan fingerprint density at radius 2 is 1.84 bits per heavy atom. The zero-order chi connectivity index (χ0) is 38.4. The Hall–Kier alpha value is -6.07. The largest absolute Gasteiger partial charge is 0.385 e. The van der Waals surface area contributed by atoms with Crippen molar-refractivity contribution in [3.8, 4) is 11.3 Å². The molecule has 0 spiro atoms. The van der Waals surface area contributed by atoms with Crippen LogP contribution in [0.2, 0.25) is 0 Å². The molecule has 1 aromatic carbocycles. The van der Waals surface area contributed by atoms with Crippen molar-refractivity contribution in [2.24, 2.45) is 7.05 Å². The van der Waals surface area contributed by atoms with Crippen LogP contribution >= 0.6 is 0 Å². The molecule has 0 radical (unpaired) electrons. The Bertz CT molecular complexity index is 2370. The van der Waals surface area contributed by atoms with E-state index < -0.39 is 30.1 Å². The lowest BCUT2D eigenvalue weighted by molar-refractivity contribution is -0.135. The van der Waals surface area contributed by atoms with E-state index in [2.05, 4.69) is 36.4 Å². The number of nitrogens with one attached hydrogen (secondary N) is 4. The lowest BCUT2D eigenvalue weighted by Gasteiger charge is -2.39. The maximum Gasteiger partial charge on any atom is 0.329 e. The average Bonchev–Trinajstić information content (AvgIpc) is 3.47. The molecule has 3 aliphatic rings. The van der Waals surface area contributed by atoms with E-state index >= 15 is 0 Å². The first-order valence-corrected chi connectivity index (χ1v) is 18.7. The van der Waals surface area contributed by atoms with Gasteiger partial charge in [0.1, 0.15) is 12.2 Å². The third kappa shape index (κ3) is 7.03. The lowest BCUT2D eigenvalue weighted by atomic mass is 10.0. The number of anilines is 1. The molecule has 3 atom stereocenters. The van der Waals surface area contributed by atoms with Gasteiger partial charge in [-0.25, -0.2) is 23.5 Å². The molecule has 5 amide bonds. The predicted octanol–water partition coefficient (Wildman–Crippen LogP) is 2.48. The van der Waals surface area contributed by atoms with Gasteiger partial charge >= 0.3 is 11.7 Å². The molecular weight excluding hydrogens is 711 g/mol. The van der Waals surface area contributed by atoms with Crippen molar-refractivity contribution in [2.75, 3.05) is 32.0 Å². The van der Waals surface area contributed by atoms with Crippen LogP contribution in [-0.2, 0) is 23.1 Å². The van der Waals surface area contributed by atoms with E-state index in [1.54, 1.807) is 29.8 Å². The van der Waals surface area contributed by atoms with Gasteiger partial charge in [-0.15, -0.1) is 0 Å². The molecule has 55 heavy (non-hydrogen) atoms. The monoisotopic (exact) mass is 754 g/mol. The number of likely N-dealkylation sites (tertiary alicyclic amines) is 1. The first-order chi connectivity index (χ1) is 26.6. The van der Waals surface area contributed by atoms with Gasteiger partial charge in [-0.2, -0.15) is 10.2 Å². The highest BCUT2D eigenvalue weighted by Gasteiger charge is 2.39. The summed E-state index contributed by atoms with van der Waals surface area (Å²) < 4.78 is 19.7. The summed E-state index contributed by atoms with van der Waals surface area (Å²) in [5, 5.41) is 20.3. The minimum atomic E-state index is -1.02. The van der Waals surface area contributed by atoms with Crippen molar-refractivity contribution >= 4 is 46.1 Å². The maximum absolute atomic E-state index is 13.4. The number of fused-ring (bicyclic) bond motifs is 2. The number of urea groups is 1. The molecule has 1 unspecified atom stereocenters. The summed E-state index contributed by atoms with van der Waals surface area (Å²) in [6, 6.07) is 6.44. The maximum atomic E-state index is 13.4. The van der Waals surface area contributed by atoms with Crippen LogP contribution in [0.3, 0.4) is 0 Å². The van der Waals surface area contributed by atoms with E-state index in [0.717, 1.165) is 48.7 Å². The summed E-state index contributed by atoms with van der Waals surface area (Å²) in [5.74, 6) is -1.19. The number of imidazole rings is 2. The van der Waals surface area contributed by atoms with Crippen LogP contribution in [-0.4, -0.2) is 101 Å². The van der Waals surface area contributed by atoms with E-state index in [4.69, 9.17) is 0 Å². The highest BCUT2D eigenvalue weighted by molar-refractivity contribution is 6.00. The van der Waals surface area contributed by atoms with Gasteiger partial charge < -0.3 is 20.9 Å². The summed E-state index contributed by atoms with van der Waals surface area (Å²) in [4.78, 5) is 68.8. The first-order valence-electron chi connectivity index (χ1n) is 18.7. The van der Waals surface area contributed by atoms with Gasteiger partial charge in [0.15, 0.2) is 11.3 Å². The number of amides is 5. The molecule has 3 fully saturated rings. The van der Waals surface area contributed by atoms with E-state index in [0.29, 0.717) is 55.0 Å². The van der Waals surface area contributed by atoms with Crippen molar-refractivity contribution in [3.63, 3.8) is 0 Å². The van der Waals surface area contributed by atoms with Crippen molar-refractivity contribution in [1.29, 1.82) is 0 Å². The zero-order valence-corrected chi connectivity index (χ0v) is 30.6. The number of piperidine rings is 1. The summed E-state index contributed by atoms with van der Waals surface area (Å²) in [7, 11) is 3.45. The van der Waals surface area contributed by atoms with Crippen LogP contribution in [0.4, 0.5) is 14.9 Å². The smallest absolute Gasteiger partial charge is 0.329 e. The summed E-state index contributed by atoms with van der Waals surface area (Å²) in [6.07, 6.45) is 9.41. The van der Waals surface area contributed by atoms with Gasteiger partial charge in [0.2, 0.25) is 11.8 Å². The Kier molecular flexibility index (Phi) is 9.56. The Morgan fingerprint density at radius 1 is 1.04 bits per heavy atom. The number of alkyl halides is 1. The second-order valence-corrected chi connectivity index (χ2v) is 14.6. The Balaban J connectivity index is 0.775. The zero-order valence-electron chi connectivity index (χ0n) is 30.6. The van der Waals surface area contributed by atoms with E-state index in [-0.39, 0.29) is 35.8 Å². The minimum absolute atomic E-state index is 0.0198. The summed E-state index contributed by atoms with van der Waals surface area (Å²) in [5.41, 5.74) is 4.94. The first kappa shape index (κ1) is 35.9. The van der Waals surface area contributed by atoms with Crippen LogP contribution in [0, 0.1) is 0 Å². The molecule has 2 saturated heterocycles. The highest BCUT2D eigenvalue weighted by Crippen LogP contribution is 2.29. The van der Waals surface area contributed by atoms with E-state index in [1.807, 2.05) is 35.1 Å². The summed E-state index contributed by atoms with van der Waals surface area (Å²) in [6.45, 7) is 1.63. The molecular formula is C37H43FN12O5. The molecule has 1 saturated carbocycles. The fourth-order valence-electron chi connectivity index (χ4n) is 7.37. The van der Waals surface area contributed by atoms with Crippen LogP contribution in [0.5, 0.6) is 0 Å². The van der Waals surface area contributed by atoms with Gasteiger partial charge in [-0.05, 0) is 49.4 Å². The number of unbranched alkanes of at least 4 members (excludes halogenated alkanes) is 3. The Labute approximate surface area is 314 Å². The number of hydrogen-bond acceptors (Lipinski definition) is 9. The Morgan fingerprint density at radius 3 is 2.60 bits per heavy atom. The third-order valence-corrected chi connectivity index (χ3v) is 10.8. The number of halogens is 1. The van der Waals surface area contributed by atoms with Crippen LogP contribution in [0.15, 0.2) is 47.7 Å². The van der Waals surface area contributed by atoms with E-state index in [1.165, 1.54) is 15.3 Å². The number of aryl methyl sites for hydroxylation is 2. The number of carbonyl (C=O) groups is 4. The number of carbonyl (C=O) groups excluding carboxylic acids is 4. The van der Waals surface area contributed by atoms with Crippen molar-refractivity contribution in [3.05, 3.63) is 64.6 Å². The molecule has 4 N–H and O–H groups in total. The van der Waals surface area contributed by atoms with E-state index in [9.17, 15) is 28.4 Å². The average molecular weight is 755 g/mol. The van der Waals surface area contributed by atoms with Gasteiger partial charge in [-0.3, -0.25) is 33.5 Å². The van der Waals surface area contributed by atoms with Crippen LogP contribution < -0.4 is 27.0 Å². The molecule has 288 valence electrons. The normalized spacial score (nSPS) is 19.8. The highest BCUT2D eigenvalue weighted by atomic mass is 19.1. The fourth-order valence-corrected chi connectivity index (χ4v) is 7.37. The molecule has 17 nitrogen and oxygen atoms in total. The molecule has 5 aromatic rings.